The van der Waals surface area contributed by atoms with Gasteiger partial charge in [0, 0.05) is 11.6 Å². The lowest BCUT2D eigenvalue weighted by Crippen LogP contribution is -2.08. The molecule has 1 heterocycles. The molecule has 7 heteroatoms. The van der Waals surface area contributed by atoms with Crippen LogP contribution in [0.3, 0.4) is 0 Å². The molecule has 16 heavy (non-hydrogen) atoms. The van der Waals surface area contributed by atoms with E-state index in [0.29, 0.717) is 5.75 Å². The van der Waals surface area contributed by atoms with Crippen molar-refractivity contribution in [3.05, 3.63) is 41.9 Å². The maximum atomic E-state index is 11.5. The van der Waals surface area contributed by atoms with Gasteiger partial charge in [-0.1, -0.05) is 18.2 Å². The maximum absolute atomic E-state index is 11.5. The molecule has 0 unspecified atom stereocenters. The van der Waals surface area contributed by atoms with Crippen molar-refractivity contribution in [3.63, 3.8) is 0 Å². The van der Waals surface area contributed by atoms with Crippen LogP contribution in [0.25, 0.3) is 0 Å². The lowest BCUT2D eigenvalue weighted by molar-refractivity contribution is -0.0926. The Balaban J connectivity index is 2.07. The van der Waals surface area contributed by atoms with E-state index in [-0.39, 0.29) is 4.34 Å². The van der Waals surface area contributed by atoms with Crippen molar-refractivity contribution in [2.24, 2.45) is 0 Å². The minimum absolute atomic E-state index is 0.136. The van der Waals surface area contributed by atoms with Crippen LogP contribution in [0.5, 0.6) is 5.75 Å². The van der Waals surface area contributed by atoms with Crippen LogP contribution < -0.4 is 4.89 Å². The number of benzene rings is 1. The minimum Gasteiger partial charge on any atom is -0.321 e. The van der Waals surface area contributed by atoms with Gasteiger partial charge >= 0.3 is 10.1 Å². The van der Waals surface area contributed by atoms with Crippen molar-refractivity contribution < 1.29 is 17.6 Å². The van der Waals surface area contributed by atoms with Crippen molar-refractivity contribution in [3.8, 4) is 5.75 Å². The van der Waals surface area contributed by atoms with Gasteiger partial charge < -0.3 is 4.89 Å². The first-order valence-corrected chi connectivity index (χ1v) is 6.53. The fourth-order valence-electron chi connectivity index (χ4n) is 0.923. The van der Waals surface area contributed by atoms with Crippen molar-refractivity contribution in [1.29, 1.82) is 0 Å². The fourth-order valence-corrected chi connectivity index (χ4v) is 2.42. The van der Waals surface area contributed by atoms with Crippen LogP contribution in [0.15, 0.2) is 46.2 Å². The summed E-state index contributed by atoms with van der Waals surface area (Å²) >= 11 is 0.961. The van der Waals surface area contributed by atoms with E-state index in [1.54, 1.807) is 35.7 Å². The Hall–Kier alpha value is -1.44. The first-order chi connectivity index (χ1) is 7.68. The molecule has 2 rings (SSSR count). The number of hydrogen-bond acceptors (Lipinski definition) is 6. The molecule has 0 aliphatic heterocycles. The predicted octanol–water partition coefficient (Wildman–Crippen LogP) is 1.84. The Morgan fingerprint density at radius 1 is 1.19 bits per heavy atom. The summed E-state index contributed by atoms with van der Waals surface area (Å²) in [5.74, 6) is 0.308. The van der Waals surface area contributed by atoms with Crippen LogP contribution in [-0.2, 0) is 14.5 Å². The summed E-state index contributed by atoms with van der Waals surface area (Å²) in [6.07, 6.45) is 1.38. The van der Waals surface area contributed by atoms with Crippen LogP contribution in [-0.4, -0.2) is 13.4 Å². The van der Waals surface area contributed by atoms with E-state index in [0.717, 1.165) is 11.3 Å². The third-order valence-corrected chi connectivity index (χ3v) is 3.83. The SMILES string of the molecule is O=S(=O)(OOc1ccccc1)c1nccs1. The summed E-state index contributed by atoms with van der Waals surface area (Å²) in [7, 11) is -3.93. The van der Waals surface area contributed by atoms with Gasteiger partial charge in [0.25, 0.3) is 0 Å². The highest BCUT2D eigenvalue weighted by atomic mass is 32.3. The normalized spacial score (nSPS) is 11.2. The van der Waals surface area contributed by atoms with Gasteiger partial charge in [-0.25, -0.2) is 4.98 Å². The first kappa shape index (κ1) is 11.1. The standard InChI is InChI=1S/C9H7NO4S2/c11-16(12,9-10-6-7-15-9)14-13-8-4-2-1-3-5-8/h1-7H. The van der Waals surface area contributed by atoms with E-state index in [9.17, 15) is 8.42 Å². The maximum Gasteiger partial charge on any atom is 0.359 e. The molecule has 5 nitrogen and oxygen atoms in total. The number of thiazole rings is 1. The monoisotopic (exact) mass is 257 g/mol. The molecule has 0 radical (unpaired) electrons. The lowest BCUT2D eigenvalue weighted by atomic mass is 10.3. The van der Waals surface area contributed by atoms with Gasteiger partial charge in [-0.2, -0.15) is 8.42 Å². The molecular formula is C9H7NO4S2. The highest BCUT2D eigenvalue weighted by Gasteiger charge is 2.20. The van der Waals surface area contributed by atoms with E-state index in [1.807, 2.05) is 0 Å². The van der Waals surface area contributed by atoms with Crippen molar-refractivity contribution in [1.82, 2.24) is 4.98 Å². The van der Waals surface area contributed by atoms with Gasteiger partial charge in [0.2, 0.25) is 4.34 Å². The molecule has 1 aromatic carbocycles. The fraction of sp³-hybridized carbons (Fsp3) is 0. The Bertz CT molecular complexity index is 536. The third-order valence-electron chi connectivity index (χ3n) is 1.59. The molecule has 0 fully saturated rings. The number of aromatic nitrogens is 1. The van der Waals surface area contributed by atoms with Crippen LogP contribution in [0.4, 0.5) is 0 Å². The average Bonchev–Trinajstić information content (AvgIpc) is 2.82. The molecule has 0 amide bonds. The summed E-state index contributed by atoms with van der Waals surface area (Å²) in [5.41, 5.74) is 0. The summed E-state index contributed by atoms with van der Waals surface area (Å²) in [5, 5.41) is 1.54. The van der Waals surface area contributed by atoms with E-state index in [4.69, 9.17) is 0 Å². The van der Waals surface area contributed by atoms with Gasteiger partial charge in [-0.3, -0.25) is 0 Å². The zero-order valence-electron chi connectivity index (χ0n) is 7.94. The molecule has 0 bridgehead atoms. The highest BCUT2D eigenvalue weighted by molar-refractivity contribution is 7.88. The summed E-state index contributed by atoms with van der Waals surface area (Å²) in [6, 6.07) is 8.35. The Kier molecular flexibility index (Phi) is 3.18. The smallest absolute Gasteiger partial charge is 0.321 e. The Labute approximate surface area is 96.3 Å². The van der Waals surface area contributed by atoms with Gasteiger partial charge in [0.1, 0.15) is 0 Å². The first-order valence-electron chi connectivity index (χ1n) is 4.24. The number of hydrogen-bond donors (Lipinski definition) is 0. The molecule has 0 N–H and O–H groups in total. The second kappa shape index (κ2) is 4.60. The highest BCUT2D eigenvalue weighted by Crippen LogP contribution is 2.17. The molecule has 0 saturated carbocycles. The van der Waals surface area contributed by atoms with Gasteiger partial charge in [-0.05, 0) is 16.5 Å². The number of para-hydroxylation sites is 1. The van der Waals surface area contributed by atoms with Crippen LogP contribution in [0.1, 0.15) is 0 Å². The number of nitrogens with zero attached hydrogens (tertiary/aromatic N) is 1. The van der Waals surface area contributed by atoms with E-state index in [1.165, 1.54) is 6.20 Å². The summed E-state index contributed by atoms with van der Waals surface area (Å²) in [6.45, 7) is 0. The summed E-state index contributed by atoms with van der Waals surface area (Å²) < 4.78 is 27.2. The zero-order valence-corrected chi connectivity index (χ0v) is 9.57. The van der Waals surface area contributed by atoms with E-state index >= 15 is 0 Å². The topological polar surface area (TPSA) is 65.5 Å². The largest absolute Gasteiger partial charge is 0.359 e. The molecule has 0 spiro atoms. The predicted molar refractivity (Wildman–Crippen MR) is 57.5 cm³/mol. The van der Waals surface area contributed by atoms with Crippen LogP contribution in [0, 0.1) is 0 Å². The van der Waals surface area contributed by atoms with Crippen molar-refractivity contribution in [2.75, 3.05) is 0 Å². The molecule has 1 aromatic heterocycles. The van der Waals surface area contributed by atoms with Crippen molar-refractivity contribution in [2.45, 2.75) is 4.34 Å². The van der Waals surface area contributed by atoms with Crippen molar-refractivity contribution >= 4 is 21.5 Å². The number of rotatable bonds is 4. The van der Waals surface area contributed by atoms with Crippen LogP contribution >= 0.6 is 11.3 Å². The second-order valence-corrected chi connectivity index (χ2v) is 5.30. The van der Waals surface area contributed by atoms with Gasteiger partial charge in [0.05, 0.1) is 0 Å². The molecule has 0 aliphatic carbocycles. The quantitative estimate of drug-likeness (QED) is 0.617. The lowest BCUT2D eigenvalue weighted by Gasteiger charge is -2.02. The second-order valence-electron chi connectivity index (χ2n) is 2.72. The zero-order chi connectivity index (χ0) is 11.4. The minimum atomic E-state index is -3.93. The Morgan fingerprint density at radius 3 is 2.56 bits per heavy atom. The Morgan fingerprint density at radius 2 is 1.94 bits per heavy atom. The molecule has 2 aromatic rings. The van der Waals surface area contributed by atoms with E-state index < -0.39 is 10.1 Å². The van der Waals surface area contributed by atoms with E-state index in [2.05, 4.69) is 14.2 Å². The molecule has 84 valence electrons. The third kappa shape index (κ3) is 2.57. The van der Waals surface area contributed by atoms with Gasteiger partial charge in [0.15, 0.2) is 5.75 Å². The average molecular weight is 257 g/mol. The molecule has 0 saturated heterocycles. The molecular weight excluding hydrogens is 250 g/mol. The molecule has 0 atom stereocenters. The van der Waals surface area contributed by atoms with Crippen LogP contribution in [0.2, 0.25) is 0 Å². The van der Waals surface area contributed by atoms with Gasteiger partial charge in [-0.15, -0.1) is 11.3 Å². The summed E-state index contributed by atoms with van der Waals surface area (Å²) in [4.78, 5) is 8.30. The molecule has 0 aliphatic rings.